The molecule has 0 spiro atoms. The quantitative estimate of drug-likeness (QED) is 0.575. The molecule has 0 aliphatic carbocycles. The van der Waals surface area contributed by atoms with Crippen LogP contribution >= 0.6 is 15.9 Å². The number of ether oxygens (including phenoxy) is 1. The van der Waals surface area contributed by atoms with E-state index < -0.39 is 21.7 Å². The third-order valence-electron chi connectivity index (χ3n) is 3.91. The van der Waals surface area contributed by atoms with Crippen LogP contribution in [0.1, 0.15) is 20.8 Å². The number of benzene rings is 1. The fourth-order valence-electron chi connectivity index (χ4n) is 2.57. The van der Waals surface area contributed by atoms with Crippen LogP contribution in [0.2, 0.25) is 0 Å². The minimum atomic E-state index is -4.07. The van der Waals surface area contributed by atoms with E-state index in [0.717, 1.165) is 15.8 Å². The van der Waals surface area contributed by atoms with E-state index in [1.54, 1.807) is 39.1 Å². The highest BCUT2D eigenvalue weighted by Crippen LogP contribution is 2.26. The number of hydrogen-bond acceptors (Lipinski definition) is 5. The van der Waals surface area contributed by atoms with Gasteiger partial charge < -0.3 is 4.74 Å². The molecule has 3 aromatic rings. The summed E-state index contributed by atoms with van der Waals surface area (Å²) in [5.41, 5.74) is 1.32. The molecule has 0 radical (unpaired) electrons. The predicted octanol–water partition coefficient (Wildman–Crippen LogP) is 4.32. The molecule has 3 rings (SSSR count). The van der Waals surface area contributed by atoms with Crippen molar-refractivity contribution in [3.63, 3.8) is 0 Å². The van der Waals surface area contributed by atoms with Crippen LogP contribution in [-0.2, 0) is 14.8 Å². The number of carbonyl (C=O) groups excluding carboxylic acids is 1. The smallest absolute Gasteiger partial charge is 0.424 e. The van der Waals surface area contributed by atoms with Crippen LogP contribution in [0.3, 0.4) is 0 Å². The highest BCUT2D eigenvalue weighted by Gasteiger charge is 2.30. The van der Waals surface area contributed by atoms with E-state index in [1.807, 2.05) is 22.7 Å². The van der Waals surface area contributed by atoms with Crippen LogP contribution in [-0.4, -0.2) is 40.8 Å². The van der Waals surface area contributed by atoms with Crippen LogP contribution < -0.4 is 0 Å². The van der Waals surface area contributed by atoms with E-state index >= 15 is 0 Å². The van der Waals surface area contributed by atoms with Crippen LogP contribution in [0.15, 0.2) is 58.2 Å². The molecule has 0 unspecified atom stereocenters. The lowest BCUT2D eigenvalue weighted by atomic mass is 10.2. The van der Waals surface area contributed by atoms with Gasteiger partial charge in [-0.25, -0.2) is 22.5 Å². The van der Waals surface area contributed by atoms with E-state index in [2.05, 4.69) is 20.9 Å². The van der Waals surface area contributed by atoms with Crippen LogP contribution in [0.4, 0.5) is 4.79 Å². The van der Waals surface area contributed by atoms with Crippen molar-refractivity contribution in [1.82, 2.24) is 13.7 Å². The molecule has 28 heavy (non-hydrogen) atoms. The van der Waals surface area contributed by atoms with E-state index in [-0.39, 0.29) is 4.90 Å². The summed E-state index contributed by atoms with van der Waals surface area (Å²) in [4.78, 5) is 16.5. The van der Waals surface area contributed by atoms with Gasteiger partial charge in [-0.15, -0.1) is 0 Å². The lowest BCUT2D eigenvalue weighted by Crippen LogP contribution is -2.38. The SMILES string of the molecule is CN(C(=O)OC(C)(C)C)S(=O)(=O)c1cccc(-c2cnc3ccc(Br)cn23)c1. The molecule has 0 saturated carbocycles. The van der Waals surface area contributed by atoms with Crippen LogP contribution in [0, 0.1) is 0 Å². The van der Waals surface area contributed by atoms with Crippen molar-refractivity contribution in [2.75, 3.05) is 7.05 Å². The maximum Gasteiger partial charge on any atom is 0.424 e. The average molecular weight is 466 g/mol. The Morgan fingerprint density at radius 1 is 1.21 bits per heavy atom. The van der Waals surface area contributed by atoms with Gasteiger partial charge in [-0.2, -0.15) is 0 Å². The molecule has 0 atom stereocenters. The first-order valence-corrected chi connectivity index (χ1v) is 10.7. The number of nitrogens with zero attached hydrogens (tertiary/aromatic N) is 3. The molecule has 0 aliphatic rings. The fourth-order valence-corrected chi connectivity index (χ4v) is 3.98. The number of sulfonamides is 1. The highest BCUT2D eigenvalue weighted by molar-refractivity contribution is 9.10. The third kappa shape index (κ3) is 4.05. The number of imidazole rings is 1. The van der Waals surface area contributed by atoms with Gasteiger partial charge in [0.05, 0.1) is 16.8 Å². The summed E-state index contributed by atoms with van der Waals surface area (Å²) in [6.45, 7) is 5.03. The van der Waals surface area contributed by atoms with Gasteiger partial charge in [0.1, 0.15) is 11.2 Å². The van der Waals surface area contributed by atoms with Gasteiger partial charge in [0.2, 0.25) is 0 Å². The van der Waals surface area contributed by atoms with E-state index in [4.69, 9.17) is 4.74 Å². The number of amides is 1. The number of halogens is 1. The van der Waals surface area contributed by atoms with Gasteiger partial charge in [0, 0.05) is 23.3 Å². The second-order valence-electron chi connectivity index (χ2n) is 7.20. The number of pyridine rings is 1. The van der Waals surface area contributed by atoms with Crippen molar-refractivity contribution < 1.29 is 17.9 Å². The Labute approximate surface area is 172 Å². The zero-order valence-electron chi connectivity index (χ0n) is 15.9. The minimum Gasteiger partial charge on any atom is -0.443 e. The molecule has 0 aliphatic heterocycles. The van der Waals surface area contributed by atoms with Gasteiger partial charge in [-0.3, -0.25) is 4.40 Å². The minimum absolute atomic E-state index is 0.0108. The fraction of sp³-hybridized carbons (Fsp3) is 0.263. The van der Waals surface area contributed by atoms with Gasteiger partial charge in [0.25, 0.3) is 10.0 Å². The molecule has 0 N–H and O–H groups in total. The molecule has 0 bridgehead atoms. The Bertz CT molecular complexity index is 1150. The van der Waals surface area contributed by atoms with Crippen LogP contribution in [0.25, 0.3) is 16.9 Å². The molecule has 9 heteroatoms. The molecule has 7 nitrogen and oxygen atoms in total. The second kappa shape index (κ2) is 7.21. The van der Waals surface area contributed by atoms with Gasteiger partial charge in [-0.05, 0) is 61.0 Å². The molecule has 1 aromatic carbocycles. The van der Waals surface area contributed by atoms with Crippen molar-refractivity contribution in [3.8, 4) is 11.3 Å². The topological polar surface area (TPSA) is 81.0 Å². The molecule has 0 fully saturated rings. The lowest BCUT2D eigenvalue weighted by molar-refractivity contribution is 0.0420. The summed E-state index contributed by atoms with van der Waals surface area (Å²) in [7, 11) is -2.88. The largest absolute Gasteiger partial charge is 0.443 e. The Morgan fingerprint density at radius 2 is 1.93 bits per heavy atom. The first-order valence-electron chi connectivity index (χ1n) is 8.44. The summed E-state index contributed by atoms with van der Waals surface area (Å²) in [6.07, 6.45) is 2.59. The number of aromatic nitrogens is 2. The molecule has 1 amide bonds. The number of fused-ring (bicyclic) bond motifs is 1. The van der Waals surface area contributed by atoms with Crippen LogP contribution in [0.5, 0.6) is 0 Å². The Hall–Kier alpha value is -2.39. The third-order valence-corrected chi connectivity index (χ3v) is 6.10. The monoisotopic (exact) mass is 465 g/mol. The number of hydrogen-bond donors (Lipinski definition) is 0. The first kappa shape index (κ1) is 20.3. The lowest BCUT2D eigenvalue weighted by Gasteiger charge is -2.24. The van der Waals surface area contributed by atoms with Crippen molar-refractivity contribution >= 4 is 37.7 Å². The number of carbonyl (C=O) groups is 1. The van der Waals surface area contributed by atoms with Crippen molar-refractivity contribution in [2.45, 2.75) is 31.3 Å². The standard InChI is InChI=1S/C19H20BrN3O4S/c1-19(2,3)27-18(24)22(4)28(25,26)15-7-5-6-13(10-15)16-11-21-17-9-8-14(20)12-23(16)17/h5-12H,1-4H3. The van der Waals surface area contributed by atoms with Crippen molar-refractivity contribution in [2.24, 2.45) is 0 Å². The summed E-state index contributed by atoms with van der Waals surface area (Å²) >= 11 is 3.43. The van der Waals surface area contributed by atoms with E-state index in [1.165, 1.54) is 19.2 Å². The van der Waals surface area contributed by atoms with Gasteiger partial charge >= 0.3 is 6.09 Å². The normalized spacial score (nSPS) is 12.2. The predicted molar refractivity (Wildman–Crippen MR) is 110 cm³/mol. The summed E-state index contributed by atoms with van der Waals surface area (Å²) in [5.74, 6) is 0. The highest BCUT2D eigenvalue weighted by atomic mass is 79.9. The summed E-state index contributed by atoms with van der Waals surface area (Å²) in [6, 6.07) is 10.1. The average Bonchev–Trinajstić information content (AvgIpc) is 3.02. The second-order valence-corrected chi connectivity index (χ2v) is 10.1. The Kier molecular flexibility index (Phi) is 5.24. The van der Waals surface area contributed by atoms with Gasteiger partial charge in [-0.1, -0.05) is 12.1 Å². The number of rotatable bonds is 3. The van der Waals surface area contributed by atoms with E-state index in [0.29, 0.717) is 9.87 Å². The molecule has 0 saturated heterocycles. The molecule has 2 aromatic heterocycles. The van der Waals surface area contributed by atoms with Gasteiger partial charge in [0.15, 0.2) is 0 Å². The summed E-state index contributed by atoms with van der Waals surface area (Å²) in [5, 5.41) is 0. The maximum atomic E-state index is 12.9. The summed E-state index contributed by atoms with van der Waals surface area (Å²) < 4.78 is 34.3. The molecular formula is C19H20BrN3O4S. The zero-order valence-corrected chi connectivity index (χ0v) is 18.3. The molecule has 2 heterocycles. The molecule has 148 valence electrons. The van der Waals surface area contributed by atoms with Crippen molar-refractivity contribution in [1.29, 1.82) is 0 Å². The Balaban J connectivity index is 2.00. The molecular weight excluding hydrogens is 446 g/mol. The maximum absolute atomic E-state index is 12.9. The van der Waals surface area contributed by atoms with Crippen molar-refractivity contribution in [3.05, 3.63) is 53.3 Å². The zero-order chi connectivity index (χ0) is 20.7. The first-order chi connectivity index (χ1) is 13.0. The van der Waals surface area contributed by atoms with E-state index in [9.17, 15) is 13.2 Å². The Morgan fingerprint density at radius 3 is 2.61 bits per heavy atom.